The maximum atomic E-state index is 14.2. The highest BCUT2D eigenvalue weighted by molar-refractivity contribution is 5.93. The van der Waals surface area contributed by atoms with Crippen molar-refractivity contribution in [3.8, 4) is 11.3 Å². The summed E-state index contributed by atoms with van der Waals surface area (Å²) in [5, 5.41) is 11.5. The molecule has 3 aromatic heterocycles. The molecular formula is C20H19FN6O2. The molecule has 0 aromatic carbocycles. The zero-order valence-corrected chi connectivity index (χ0v) is 15.5. The van der Waals surface area contributed by atoms with Crippen LogP contribution in [0.3, 0.4) is 0 Å². The molecule has 9 heteroatoms. The molecule has 4 N–H and O–H groups in total. The van der Waals surface area contributed by atoms with Gasteiger partial charge < -0.3 is 16.0 Å². The quantitative estimate of drug-likeness (QED) is 0.587. The van der Waals surface area contributed by atoms with E-state index in [4.69, 9.17) is 5.73 Å². The number of pyridine rings is 2. The van der Waals surface area contributed by atoms with Crippen molar-refractivity contribution < 1.29 is 9.18 Å². The molecular weight excluding hydrogens is 375 g/mol. The van der Waals surface area contributed by atoms with Gasteiger partial charge in [0.1, 0.15) is 17.2 Å². The Morgan fingerprint density at radius 3 is 2.72 bits per heavy atom. The Morgan fingerprint density at radius 1 is 1.28 bits per heavy atom. The Kier molecular flexibility index (Phi) is 4.79. The molecule has 0 unspecified atom stereocenters. The summed E-state index contributed by atoms with van der Waals surface area (Å²) in [5.41, 5.74) is 5.64. The SMILES string of the molecule is NC(=O)c1cc(-c2ccc(NCC3(c4ncccc4F)CCC3)nn2)c[nH]c1=O. The van der Waals surface area contributed by atoms with Crippen LogP contribution in [-0.2, 0) is 5.41 Å². The van der Waals surface area contributed by atoms with Gasteiger partial charge in [0.2, 0.25) is 0 Å². The molecule has 4 rings (SSSR count). The van der Waals surface area contributed by atoms with Crippen LogP contribution in [0, 0.1) is 5.82 Å². The van der Waals surface area contributed by atoms with Crippen LogP contribution in [-0.4, -0.2) is 32.6 Å². The minimum Gasteiger partial charge on any atom is -0.368 e. The molecule has 3 aromatic rings. The average Bonchev–Trinajstić information content (AvgIpc) is 2.69. The zero-order chi connectivity index (χ0) is 20.4. The lowest BCUT2D eigenvalue weighted by Crippen LogP contribution is -2.42. The second kappa shape index (κ2) is 7.42. The molecule has 0 aliphatic heterocycles. The van der Waals surface area contributed by atoms with Gasteiger partial charge >= 0.3 is 0 Å². The maximum absolute atomic E-state index is 14.2. The van der Waals surface area contributed by atoms with Crippen molar-refractivity contribution in [3.63, 3.8) is 0 Å². The van der Waals surface area contributed by atoms with Crippen LogP contribution in [0.15, 0.2) is 47.5 Å². The number of carbonyl (C=O) groups is 1. The molecule has 0 atom stereocenters. The lowest BCUT2D eigenvalue weighted by atomic mass is 9.66. The van der Waals surface area contributed by atoms with E-state index in [1.165, 1.54) is 18.3 Å². The van der Waals surface area contributed by atoms with Crippen molar-refractivity contribution in [3.05, 3.63) is 70.2 Å². The number of halogens is 1. The second-order valence-electron chi connectivity index (χ2n) is 7.12. The van der Waals surface area contributed by atoms with E-state index in [-0.39, 0.29) is 16.8 Å². The number of hydrogen-bond acceptors (Lipinski definition) is 6. The van der Waals surface area contributed by atoms with Crippen molar-refractivity contribution in [2.24, 2.45) is 5.73 Å². The van der Waals surface area contributed by atoms with Crippen LogP contribution in [0.5, 0.6) is 0 Å². The van der Waals surface area contributed by atoms with Gasteiger partial charge in [0.05, 0.1) is 11.4 Å². The molecule has 0 radical (unpaired) electrons. The van der Waals surface area contributed by atoms with Crippen molar-refractivity contribution in [1.29, 1.82) is 0 Å². The van der Waals surface area contributed by atoms with E-state index in [0.29, 0.717) is 29.3 Å². The van der Waals surface area contributed by atoms with E-state index in [2.05, 4.69) is 25.5 Å². The first-order valence-electron chi connectivity index (χ1n) is 9.20. The van der Waals surface area contributed by atoms with Gasteiger partial charge in [0, 0.05) is 29.9 Å². The van der Waals surface area contributed by atoms with Gasteiger partial charge in [-0.15, -0.1) is 10.2 Å². The summed E-state index contributed by atoms with van der Waals surface area (Å²) in [5.74, 6) is -0.568. The fourth-order valence-corrected chi connectivity index (χ4v) is 3.53. The molecule has 1 fully saturated rings. The van der Waals surface area contributed by atoms with Crippen LogP contribution in [0.2, 0.25) is 0 Å². The number of hydrogen-bond donors (Lipinski definition) is 3. The monoisotopic (exact) mass is 394 g/mol. The number of nitrogens with one attached hydrogen (secondary N) is 2. The number of aromatic nitrogens is 4. The highest BCUT2D eigenvalue weighted by Crippen LogP contribution is 2.43. The molecule has 1 amide bonds. The highest BCUT2D eigenvalue weighted by atomic mass is 19.1. The van der Waals surface area contributed by atoms with Gasteiger partial charge in [-0.25, -0.2) is 4.39 Å². The van der Waals surface area contributed by atoms with Crippen molar-refractivity contribution >= 4 is 11.7 Å². The fourth-order valence-electron chi connectivity index (χ4n) is 3.53. The van der Waals surface area contributed by atoms with E-state index < -0.39 is 11.5 Å². The lowest BCUT2D eigenvalue weighted by molar-refractivity contribution is 0.0999. The molecule has 1 saturated carbocycles. The summed E-state index contributed by atoms with van der Waals surface area (Å²) in [6, 6.07) is 7.84. The first-order chi connectivity index (χ1) is 14.0. The fraction of sp³-hybridized carbons (Fsp3) is 0.250. The Morgan fingerprint density at radius 2 is 2.10 bits per heavy atom. The van der Waals surface area contributed by atoms with Gasteiger partial charge in [0.15, 0.2) is 0 Å². The van der Waals surface area contributed by atoms with Crippen LogP contribution < -0.4 is 16.6 Å². The molecule has 8 nitrogen and oxygen atoms in total. The number of primary amides is 1. The first-order valence-corrected chi connectivity index (χ1v) is 9.20. The van der Waals surface area contributed by atoms with Crippen molar-refractivity contribution in [2.75, 3.05) is 11.9 Å². The largest absolute Gasteiger partial charge is 0.368 e. The topological polar surface area (TPSA) is 127 Å². The van der Waals surface area contributed by atoms with Gasteiger partial charge in [-0.1, -0.05) is 6.42 Å². The third-order valence-electron chi connectivity index (χ3n) is 5.31. The summed E-state index contributed by atoms with van der Waals surface area (Å²) in [7, 11) is 0. The summed E-state index contributed by atoms with van der Waals surface area (Å²) in [6.45, 7) is 0.499. The average molecular weight is 394 g/mol. The van der Waals surface area contributed by atoms with Crippen LogP contribution in [0.1, 0.15) is 35.3 Å². The summed E-state index contributed by atoms with van der Waals surface area (Å²) < 4.78 is 14.2. The lowest BCUT2D eigenvalue weighted by Gasteiger charge is -2.41. The van der Waals surface area contributed by atoms with E-state index in [1.807, 2.05) is 0 Å². The Balaban J connectivity index is 1.51. The smallest absolute Gasteiger partial charge is 0.260 e. The van der Waals surface area contributed by atoms with Gasteiger partial charge in [-0.2, -0.15) is 0 Å². The Bertz CT molecular complexity index is 1110. The molecule has 3 heterocycles. The predicted octanol–water partition coefficient (Wildman–Crippen LogP) is 2.00. The van der Waals surface area contributed by atoms with Gasteiger partial charge in [-0.05, 0) is 43.2 Å². The van der Waals surface area contributed by atoms with Crippen LogP contribution in [0.25, 0.3) is 11.3 Å². The number of H-pyrrole nitrogens is 1. The highest BCUT2D eigenvalue weighted by Gasteiger charge is 2.41. The number of nitrogens with two attached hydrogens (primary N) is 1. The Hall–Kier alpha value is -3.62. The number of anilines is 1. The third kappa shape index (κ3) is 3.58. The molecule has 1 aliphatic rings. The minimum atomic E-state index is -0.813. The first kappa shape index (κ1) is 18.7. The maximum Gasteiger partial charge on any atom is 0.260 e. The van der Waals surface area contributed by atoms with Gasteiger partial charge in [0.25, 0.3) is 11.5 Å². The van der Waals surface area contributed by atoms with Gasteiger partial charge in [-0.3, -0.25) is 14.6 Å². The van der Waals surface area contributed by atoms with Crippen molar-refractivity contribution in [1.82, 2.24) is 20.2 Å². The molecule has 29 heavy (non-hydrogen) atoms. The van der Waals surface area contributed by atoms with Crippen LogP contribution >= 0.6 is 0 Å². The molecule has 0 saturated heterocycles. The standard InChI is InChI=1S/C20H19FN6O2/c21-14-3-1-8-23-17(14)20(6-2-7-20)11-25-16-5-4-15(26-27-16)12-9-13(18(22)28)19(29)24-10-12/h1,3-5,8-10H,2,6-7,11H2,(H2,22,28)(H,24,29)(H,25,27). The summed E-state index contributed by atoms with van der Waals surface area (Å²) >= 11 is 0. The number of rotatable bonds is 6. The predicted molar refractivity (Wildman–Crippen MR) is 105 cm³/mol. The van der Waals surface area contributed by atoms with E-state index >= 15 is 0 Å². The molecule has 0 spiro atoms. The molecule has 1 aliphatic carbocycles. The number of nitrogens with zero attached hydrogens (tertiary/aromatic N) is 3. The second-order valence-corrected chi connectivity index (χ2v) is 7.12. The van der Waals surface area contributed by atoms with E-state index in [1.54, 1.807) is 24.4 Å². The van der Waals surface area contributed by atoms with Crippen molar-refractivity contribution in [2.45, 2.75) is 24.7 Å². The zero-order valence-electron chi connectivity index (χ0n) is 15.5. The molecule has 0 bridgehead atoms. The summed E-state index contributed by atoms with van der Waals surface area (Å²) in [6.07, 6.45) is 5.78. The number of aromatic amines is 1. The van der Waals surface area contributed by atoms with E-state index in [0.717, 1.165) is 19.3 Å². The minimum absolute atomic E-state index is 0.143. The normalized spacial score (nSPS) is 14.8. The third-order valence-corrected chi connectivity index (χ3v) is 5.31. The molecule has 148 valence electrons. The summed E-state index contributed by atoms with van der Waals surface area (Å²) in [4.78, 5) is 29.7. The number of amides is 1. The van der Waals surface area contributed by atoms with E-state index in [9.17, 15) is 14.0 Å². The van der Waals surface area contributed by atoms with Crippen LogP contribution in [0.4, 0.5) is 10.2 Å². The Labute approximate surface area is 165 Å². The number of carbonyl (C=O) groups excluding carboxylic acids is 1.